The number of benzene rings is 2. The fourth-order valence-electron chi connectivity index (χ4n) is 4.70. The van der Waals surface area contributed by atoms with E-state index in [0.717, 1.165) is 11.3 Å². The summed E-state index contributed by atoms with van der Waals surface area (Å²) in [5.41, 5.74) is 2.52. The van der Waals surface area contributed by atoms with Gasteiger partial charge in [0.1, 0.15) is 5.66 Å². The summed E-state index contributed by atoms with van der Waals surface area (Å²) in [7, 11) is 1.66. The second-order valence-corrected chi connectivity index (χ2v) is 9.31. The van der Waals surface area contributed by atoms with Gasteiger partial charge in [-0.25, -0.2) is 0 Å². The van der Waals surface area contributed by atoms with E-state index in [-0.39, 0.29) is 11.3 Å². The number of nitrogens with zero attached hydrogens (tertiary/aromatic N) is 1. The van der Waals surface area contributed by atoms with Gasteiger partial charge in [0.05, 0.1) is 13.7 Å². The zero-order valence-corrected chi connectivity index (χ0v) is 19.1. The maximum atomic E-state index is 12.5. The predicted octanol–water partition coefficient (Wildman–Crippen LogP) is 4.76. The Hall–Kier alpha value is -2.95. The van der Waals surface area contributed by atoms with E-state index in [2.05, 4.69) is 74.3 Å². The molecule has 1 N–H and O–H groups in total. The number of hydrogen-bond donors (Lipinski definition) is 1. The maximum absolute atomic E-state index is 12.5. The van der Waals surface area contributed by atoms with Crippen molar-refractivity contribution < 1.29 is 14.3 Å². The Balaban J connectivity index is 1.70. The van der Waals surface area contributed by atoms with Crippen molar-refractivity contribution >= 4 is 17.7 Å². The molecule has 0 spiro atoms. The van der Waals surface area contributed by atoms with Gasteiger partial charge in [-0.05, 0) is 41.3 Å². The van der Waals surface area contributed by atoms with Crippen molar-refractivity contribution in [1.29, 1.82) is 0 Å². The van der Waals surface area contributed by atoms with Gasteiger partial charge >= 0.3 is 0 Å². The number of anilines is 1. The Labute approximate surface area is 185 Å². The molecule has 2 heterocycles. The van der Waals surface area contributed by atoms with Gasteiger partial charge in [-0.2, -0.15) is 0 Å². The highest BCUT2D eigenvalue weighted by Crippen LogP contribution is 2.52. The Kier molecular flexibility index (Phi) is 5.46. The summed E-state index contributed by atoms with van der Waals surface area (Å²) in [6.07, 6.45) is 4.70. The van der Waals surface area contributed by atoms with Crippen LogP contribution >= 0.6 is 0 Å². The molecule has 0 saturated carbocycles. The van der Waals surface area contributed by atoms with Crippen LogP contribution in [0.25, 0.3) is 6.08 Å². The third-order valence-electron chi connectivity index (χ3n) is 6.42. The van der Waals surface area contributed by atoms with Crippen LogP contribution in [0.1, 0.15) is 45.2 Å². The van der Waals surface area contributed by atoms with E-state index in [4.69, 9.17) is 9.47 Å². The molecule has 0 radical (unpaired) electrons. The third kappa shape index (κ3) is 3.56. The fourth-order valence-corrected chi connectivity index (χ4v) is 4.70. The molecule has 4 rings (SSSR count). The van der Waals surface area contributed by atoms with Crippen LogP contribution in [-0.2, 0) is 10.2 Å². The smallest absolute Gasteiger partial charge is 0.223 e. The van der Waals surface area contributed by atoms with E-state index in [0.29, 0.717) is 31.2 Å². The molecule has 0 aromatic heterocycles. The Morgan fingerprint density at radius 2 is 1.94 bits per heavy atom. The van der Waals surface area contributed by atoms with E-state index >= 15 is 0 Å². The van der Waals surface area contributed by atoms with E-state index in [1.807, 2.05) is 18.2 Å². The third-order valence-corrected chi connectivity index (χ3v) is 6.42. The number of nitrogens with one attached hydrogen (secondary N) is 1. The lowest BCUT2D eigenvalue weighted by Gasteiger charge is -2.49. The molecule has 1 atom stereocenters. The number of carbonyl (C=O) groups is 1. The molecule has 2 aliphatic rings. The fraction of sp³-hybridized carbons (Fsp3) is 0.423. The van der Waals surface area contributed by atoms with Gasteiger partial charge in [0.2, 0.25) is 5.91 Å². The number of carbonyl (C=O) groups excluding carboxylic acids is 1. The number of para-hydroxylation sites is 1. The minimum absolute atomic E-state index is 0.0804. The van der Waals surface area contributed by atoms with Crippen LogP contribution < -0.4 is 19.7 Å². The lowest BCUT2D eigenvalue weighted by atomic mass is 9.74. The number of hydrogen-bond acceptors (Lipinski definition) is 4. The number of ether oxygens (including phenoxy) is 2. The minimum Gasteiger partial charge on any atom is -0.493 e. The van der Waals surface area contributed by atoms with Crippen LogP contribution in [0.5, 0.6) is 11.5 Å². The molecule has 2 aliphatic heterocycles. The first-order valence-electron chi connectivity index (χ1n) is 11.0. The average Bonchev–Trinajstić information content (AvgIpc) is 2.95. The van der Waals surface area contributed by atoms with Gasteiger partial charge in [0.15, 0.2) is 11.5 Å². The zero-order valence-electron chi connectivity index (χ0n) is 19.1. The molecular formula is C26H32N2O3. The molecule has 0 bridgehead atoms. The van der Waals surface area contributed by atoms with Gasteiger partial charge < -0.3 is 19.7 Å². The second kappa shape index (κ2) is 7.95. The highest BCUT2D eigenvalue weighted by atomic mass is 16.5. The predicted molar refractivity (Wildman–Crippen MR) is 125 cm³/mol. The quantitative estimate of drug-likeness (QED) is 0.732. The lowest BCUT2D eigenvalue weighted by molar-refractivity contribution is -0.124. The van der Waals surface area contributed by atoms with Gasteiger partial charge in [0.25, 0.3) is 0 Å². The van der Waals surface area contributed by atoms with Crippen LogP contribution in [0, 0.1) is 5.92 Å². The number of methoxy groups -OCH3 is 1. The van der Waals surface area contributed by atoms with Crippen LogP contribution in [0.2, 0.25) is 0 Å². The van der Waals surface area contributed by atoms with Crippen molar-refractivity contribution in [2.45, 2.75) is 45.2 Å². The maximum Gasteiger partial charge on any atom is 0.223 e. The standard InChI is InChI=1S/C26H32N2O3/c1-18(2)17-31-22-11-10-19(16-23(22)30-5)12-14-26-25(3,4)20-8-6-7-9-21(20)28(26)15-13-24(29)27-26/h6-12,14,16,18H,13,15,17H2,1-5H3,(H,27,29)/b14-12+/t26-/m0/s1. The summed E-state index contributed by atoms with van der Waals surface area (Å²) in [5.74, 6) is 1.97. The first kappa shape index (κ1) is 21.3. The Bertz CT molecular complexity index is 1010. The summed E-state index contributed by atoms with van der Waals surface area (Å²) >= 11 is 0. The van der Waals surface area contributed by atoms with Gasteiger partial charge in [-0.15, -0.1) is 0 Å². The molecule has 164 valence electrons. The number of rotatable bonds is 6. The molecule has 0 aliphatic carbocycles. The SMILES string of the molecule is COc1cc(/C=C/[C@]23NC(=O)CCN2c2ccccc2C3(C)C)ccc1OCC(C)C. The van der Waals surface area contributed by atoms with Crippen LogP contribution in [-0.4, -0.2) is 31.8 Å². The number of fused-ring (bicyclic) bond motifs is 3. The molecule has 5 nitrogen and oxygen atoms in total. The van der Waals surface area contributed by atoms with E-state index < -0.39 is 5.66 Å². The Morgan fingerprint density at radius 3 is 2.68 bits per heavy atom. The van der Waals surface area contributed by atoms with E-state index in [9.17, 15) is 4.79 Å². The van der Waals surface area contributed by atoms with Gasteiger partial charge in [0, 0.05) is 24.1 Å². The van der Waals surface area contributed by atoms with Crippen LogP contribution in [0.15, 0.2) is 48.5 Å². The van der Waals surface area contributed by atoms with Crippen LogP contribution in [0.3, 0.4) is 0 Å². The zero-order chi connectivity index (χ0) is 22.2. The lowest BCUT2D eigenvalue weighted by Crippen LogP contribution is -2.68. The monoisotopic (exact) mass is 420 g/mol. The summed E-state index contributed by atoms with van der Waals surface area (Å²) in [4.78, 5) is 14.9. The molecule has 1 fully saturated rings. The first-order chi connectivity index (χ1) is 14.8. The summed E-state index contributed by atoms with van der Waals surface area (Å²) < 4.78 is 11.4. The summed E-state index contributed by atoms with van der Waals surface area (Å²) in [6.45, 7) is 9.98. The van der Waals surface area contributed by atoms with Crippen LogP contribution in [0.4, 0.5) is 5.69 Å². The topological polar surface area (TPSA) is 50.8 Å². The van der Waals surface area contributed by atoms with E-state index in [1.54, 1.807) is 7.11 Å². The number of amides is 1. The first-order valence-corrected chi connectivity index (χ1v) is 11.0. The molecule has 5 heteroatoms. The minimum atomic E-state index is -0.619. The van der Waals surface area contributed by atoms with E-state index in [1.165, 1.54) is 11.3 Å². The van der Waals surface area contributed by atoms with Gasteiger partial charge in [-0.3, -0.25) is 4.79 Å². The molecule has 31 heavy (non-hydrogen) atoms. The van der Waals surface area contributed by atoms with Crippen molar-refractivity contribution in [2.75, 3.05) is 25.2 Å². The van der Waals surface area contributed by atoms with Crippen molar-refractivity contribution in [3.8, 4) is 11.5 Å². The average molecular weight is 421 g/mol. The molecule has 1 amide bonds. The van der Waals surface area contributed by atoms with Crippen molar-refractivity contribution in [3.63, 3.8) is 0 Å². The molecule has 2 aromatic carbocycles. The molecule has 0 unspecified atom stereocenters. The molecule has 2 aromatic rings. The highest BCUT2D eigenvalue weighted by molar-refractivity contribution is 5.84. The molecule has 1 saturated heterocycles. The van der Waals surface area contributed by atoms with Crippen molar-refractivity contribution in [2.24, 2.45) is 5.92 Å². The van der Waals surface area contributed by atoms with Crippen molar-refractivity contribution in [1.82, 2.24) is 5.32 Å². The highest BCUT2D eigenvalue weighted by Gasteiger charge is 2.57. The second-order valence-electron chi connectivity index (χ2n) is 9.31. The Morgan fingerprint density at radius 1 is 1.16 bits per heavy atom. The summed E-state index contributed by atoms with van der Waals surface area (Å²) in [6, 6.07) is 14.4. The normalized spacial score (nSPS) is 21.7. The van der Waals surface area contributed by atoms with Gasteiger partial charge in [-0.1, -0.05) is 58.0 Å². The summed E-state index contributed by atoms with van der Waals surface area (Å²) in [5, 5.41) is 3.32. The van der Waals surface area contributed by atoms with Crippen molar-refractivity contribution in [3.05, 3.63) is 59.7 Å². The largest absolute Gasteiger partial charge is 0.493 e. The molecular weight excluding hydrogens is 388 g/mol.